The Kier molecular flexibility index (Phi) is 2.35. The number of nitrogen functional groups attached to an aromatic ring is 1. The molecule has 0 radical (unpaired) electrons. The summed E-state index contributed by atoms with van der Waals surface area (Å²) in [5, 5.41) is 18.5. The van der Waals surface area contributed by atoms with Gasteiger partial charge in [0, 0.05) is 11.3 Å². The number of rotatable bonds is 2. The molecule has 0 heterocycles. The summed E-state index contributed by atoms with van der Waals surface area (Å²) in [6.07, 6.45) is 0. The minimum absolute atomic E-state index is 0.332. The maximum atomic E-state index is 9.65. The highest BCUT2D eigenvalue weighted by atomic mass is 16.3. The zero-order valence-corrected chi connectivity index (χ0v) is 6.99. The third-order valence-electron chi connectivity index (χ3n) is 1.85. The van der Waals surface area contributed by atoms with Gasteiger partial charge in [0.05, 0.1) is 6.61 Å². The van der Waals surface area contributed by atoms with E-state index in [1.165, 1.54) is 6.92 Å². The van der Waals surface area contributed by atoms with Crippen LogP contribution in [0.1, 0.15) is 12.5 Å². The molecule has 0 aromatic heterocycles. The molecule has 1 atom stereocenters. The van der Waals surface area contributed by atoms with Crippen molar-refractivity contribution in [1.29, 1.82) is 0 Å². The summed E-state index contributed by atoms with van der Waals surface area (Å²) in [5.41, 5.74) is 5.43. The smallest absolute Gasteiger partial charge is 0.112 e. The van der Waals surface area contributed by atoms with Crippen molar-refractivity contribution in [3.63, 3.8) is 0 Å². The first kappa shape index (κ1) is 9.03. The summed E-state index contributed by atoms with van der Waals surface area (Å²) in [6, 6.07) is 6.95. The Morgan fingerprint density at radius 3 is 2.50 bits per heavy atom. The summed E-state index contributed by atoms with van der Waals surface area (Å²) < 4.78 is 0. The third kappa shape index (κ3) is 1.57. The van der Waals surface area contributed by atoms with E-state index in [0.717, 1.165) is 0 Å². The molecule has 0 aliphatic rings. The lowest BCUT2D eigenvalue weighted by molar-refractivity contribution is -0.00165. The number of para-hydroxylation sites is 1. The molecule has 0 saturated heterocycles. The molecule has 0 aliphatic heterocycles. The lowest BCUT2D eigenvalue weighted by Gasteiger charge is -2.22. The quantitative estimate of drug-likeness (QED) is 0.561. The number of nitrogens with two attached hydrogens (primary N) is 1. The maximum Gasteiger partial charge on any atom is 0.112 e. The first-order valence-electron chi connectivity index (χ1n) is 3.76. The number of benzene rings is 1. The Morgan fingerprint density at radius 2 is 2.00 bits per heavy atom. The fourth-order valence-corrected chi connectivity index (χ4v) is 1.07. The van der Waals surface area contributed by atoms with E-state index in [0.29, 0.717) is 11.3 Å². The number of aliphatic hydroxyl groups is 2. The van der Waals surface area contributed by atoms with E-state index in [-0.39, 0.29) is 6.61 Å². The van der Waals surface area contributed by atoms with Crippen molar-refractivity contribution in [1.82, 2.24) is 0 Å². The fraction of sp³-hybridized carbons (Fsp3) is 0.333. The highest BCUT2D eigenvalue weighted by molar-refractivity contribution is 5.49. The Morgan fingerprint density at radius 1 is 1.42 bits per heavy atom. The molecule has 1 rings (SSSR count). The molecular weight excluding hydrogens is 154 g/mol. The first-order valence-corrected chi connectivity index (χ1v) is 3.76. The minimum Gasteiger partial charge on any atom is -0.398 e. The molecule has 3 nitrogen and oxygen atoms in total. The van der Waals surface area contributed by atoms with Crippen LogP contribution >= 0.6 is 0 Å². The van der Waals surface area contributed by atoms with Gasteiger partial charge in [-0.3, -0.25) is 0 Å². The molecule has 1 aromatic carbocycles. The highest BCUT2D eigenvalue weighted by Gasteiger charge is 2.23. The van der Waals surface area contributed by atoms with Crippen molar-refractivity contribution in [3.8, 4) is 0 Å². The maximum absolute atomic E-state index is 9.65. The zero-order chi connectivity index (χ0) is 9.19. The van der Waals surface area contributed by atoms with E-state index in [9.17, 15) is 5.11 Å². The van der Waals surface area contributed by atoms with Gasteiger partial charge in [-0.1, -0.05) is 18.2 Å². The molecule has 12 heavy (non-hydrogen) atoms. The monoisotopic (exact) mass is 167 g/mol. The molecule has 0 aliphatic carbocycles. The van der Waals surface area contributed by atoms with Crippen molar-refractivity contribution < 1.29 is 10.2 Å². The van der Waals surface area contributed by atoms with Crippen LogP contribution < -0.4 is 5.73 Å². The highest BCUT2D eigenvalue weighted by Crippen LogP contribution is 2.24. The van der Waals surface area contributed by atoms with Crippen LogP contribution in [0.5, 0.6) is 0 Å². The average molecular weight is 167 g/mol. The van der Waals surface area contributed by atoms with Gasteiger partial charge in [-0.05, 0) is 13.0 Å². The molecule has 0 bridgehead atoms. The first-order chi connectivity index (χ1) is 5.58. The van der Waals surface area contributed by atoms with E-state index < -0.39 is 5.60 Å². The van der Waals surface area contributed by atoms with Crippen LogP contribution in [-0.2, 0) is 5.60 Å². The fourth-order valence-electron chi connectivity index (χ4n) is 1.07. The van der Waals surface area contributed by atoms with Gasteiger partial charge < -0.3 is 15.9 Å². The standard InChI is InChI=1S/C9H13NO2/c1-9(12,6-11)7-4-2-3-5-8(7)10/h2-5,11-12H,6,10H2,1H3. The van der Waals surface area contributed by atoms with E-state index in [2.05, 4.69) is 0 Å². The molecule has 3 heteroatoms. The van der Waals surface area contributed by atoms with Gasteiger partial charge in [0.2, 0.25) is 0 Å². The van der Waals surface area contributed by atoms with Crippen molar-refractivity contribution in [2.75, 3.05) is 12.3 Å². The van der Waals surface area contributed by atoms with Crippen LogP contribution in [0.2, 0.25) is 0 Å². The second-order valence-corrected chi connectivity index (χ2v) is 3.02. The molecule has 0 spiro atoms. The minimum atomic E-state index is -1.24. The number of hydrogen-bond donors (Lipinski definition) is 3. The van der Waals surface area contributed by atoms with Gasteiger partial charge in [-0.25, -0.2) is 0 Å². The number of hydrogen-bond acceptors (Lipinski definition) is 3. The summed E-state index contributed by atoms with van der Waals surface area (Å²) >= 11 is 0. The van der Waals surface area contributed by atoms with Crippen LogP contribution in [0.3, 0.4) is 0 Å². The number of aliphatic hydroxyl groups excluding tert-OH is 1. The van der Waals surface area contributed by atoms with Crippen LogP contribution in [0.4, 0.5) is 5.69 Å². The lowest BCUT2D eigenvalue weighted by atomic mass is 9.95. The predicted octanol–water partition coefficient (Wildman–Crippen LogP) is 0.469. The second-order valence-electron chi connectivity index (χ2n) is 3.02. The van der Waals surface area contributed by atoms with Crippen LogP contribution in [-0.4, -0.2) is 16.8 Å². The van der Waals surface area contributed by atoms with E-state index >= 15 is 0 Å². The topological polar surface area (TPSA) is 66.5 Å². The Hall–Kier alpha value is -1.06. The van der Waals surface area contributed by atoms with Gasteiger partial charge in [0.25, 0.3) is 0 Å². The molecular formula is C9H13NO2. The molecule has 1 aromatic rings. The van der Waals surface area contributed by atoms with Crippen molar-refractivity contribution in [2.45, 2.75) is 12.5 Å². The normalized spacial score (nSPS) is 15.6. The Balaban J connectivity index is 3.10. The molecule has 0 saturated carbocycles. The Bertz CT molecular complexity index is 271. The van der Waals surface area contributed by atoms with E-state index in [1.807, 2.05) is 0 Å². The summed E-state index contributed by atoms with van der Waals surface area (Å²) in [5.74, 6) is 0. The lowest BCUT2D eigenvalue weighted by Crippen LogP contribution is -2.26. The number of anilines is 1. The molecule has 0 amide bonds. The predicted molar refractivity (Wildman–Crippen MR) is 47.5 cm³/mol. The molecule has 4 N–H and O–H groups in total. The van der Waals surface area contributed by atoms with Gasteiger partial charge in [-0.15, -0.1) is 0 Å². The van der Waals surface area contributed by atoms with Crippen LogP contribution in [0.25, 0.3) is 0 Å². The molecule has 1 unspecified atom stereocenters. The van der Waals surface area contributed by atoms with Crippen LogP contribution in [0, 0.1) is 0 Å². The average Bonchev–Trinajstić information content (AvgIpc) is 2.05. The second kappa shape index (κ2) is 3.13. The van der Waals surface area contributed by atoms with E-state index in [4.69, 9.17) is 10.8 Å². The van der Waals surface area contributed by atoms with Crippen molar-refractivity contribution in [3.05, 3.63) is 29.8 Å². The molecule has 0 fully saturated rings. The van der Waals surface area contributed by atoms with Gasteiger partial charge in [-0.2, -0.15) is 0 Å². The van der Waals surface area contributed by atoms with Gasteiger partial charge in [0.1, 0.15) is 5.60 Å². The van der Waals surface area contributed by atoms with Crippen molar-refractivity contribution in [2.24, 2.45) is 0 Å². The van der Waals surface area contributed by atoms with Crippen LogP contribution in [0.15, 0.2) is 24.3 Å². The summed E-state index contributed by atoms with van der Waals surface area (Å²) in [4.78, 5) is 0. The van der Waals surface area contributed by atoms with E-state index in [1.54, 1.807) is 24.3 Å². The Labute approximate surface area is 71.5 Å². The largest absolute Gasteiger partial charge is 0.398 e. The SMILES string of the molecule is CC(O)(CO)c1ccccc1N. The van der Waals surface area contributed by atoms with Crippen molar-refractivity contribution >= 4 is 5.69 Å². The van der Waals surface area contributed by atoms with Gasteiger partial charge >= 0.3 is 0 Å². The van der Waals surface area contributed by atoms with Gasteiger partial charge in [0.15, 0.2) is 0 Å². The zero-order valence-electron chi connectivity index (χ0n) is 6.99. The third-order valence-corrected chi connectivity index (χ3v) is 1.85. The summed E-state index contributed by atoms with van der Waals surface area (Å²) in [6.45, 7) is 1.19. The molecule has 66 valence electrons. The summed E-state index contributed by atoms with van der Waals surface area (Å²) in [7, 11) is 0.